The fourth-order valence-corrected chi connectivity index (χ4v) is 1.62. The van der Waals surface area contributed by atoms with Crippen LogP contribution in [0.25, 0.3) is 0 Å². The van der Waals surface area contributed by atoms with Gasteiger partial charge in [-0.25, -0.2) is 0 Å². The van der Waals surface area contributed by atoms with Crippen LogP contribution in [-0.2, 0) is 0 Å². The van der Waals surface area contributed by atoms with E-state index in [2.05, 4.69) is 31.7 Å². The Labute approximate surface area is 73.3 Å². The van der Waals surface area contributed by atoms with Crippen molar-refractivity contribution >= 4 is 0 Å². The largest absolute Gasteiger partial charge is 0.104 e. The van der Waals surface area contributed by atoms with E-state index in [-0.39, 0.29) is 0 Å². The van der Waals surface area contributed by atoms with Gasteiger partial charge < -0.3 is 0 Å². The predicted molar refractivity (Wildman–Crippen MR) is 52.5 cm³/mol. The first-order valence-electron chi connectivity index (χ1n) is 4.08. The molecule has 58 valence electrons. The molecule has 0 aliphatic heterocycles. The van der Waals surface area contributed by atoms with E-state index in [1.807, 2.05) is 12.2 Å². The Hall–Kier alpha value is -1.43. The zero-order valence-electron chi connectivity index (χ0n) is 7.01. The standard InChI is InChI=1S/C12H11/c1-9-5-3-7-11-8-4-6-10(2)12(9)11/h3-5,7-8H,1-2,6H2/q+1. The minimum atomic E-state index is 0.958. The Morgan fingerprint density at radius 1 is 1.25 bits per heavy atom. The first-order valence-corrected chi connectivity index (χ1v) is 4.08. The molecule has 0 saturated heterocycles. The van der Waals surface area contributed by atoms with Gasteiger partial charge in [-0.15, -0.1) is 0 Å². The van der Waals surface area contributed by atoms with Crippen LogP contribution in [0.4, 0.5) is 0 Å². The summed E-state index contributed by atoms with van der Waals surface area (Å²) in [5.41, 5.74) is 4.75. The molecule has 0 atom stereocenters. The summed E-state index contributed by atoms with van der Waals surface area (Å²) >= 11 is 0. The molecule has 0 heterocycles. The van der Waals surface area contributed by atoms with Gasteiger partial charge in [-0.3, -0.25) is 0 Å². The summed E-state index contributed by atoms with van der Waals surface area (Å²) in [6, 6.07) is 0. The Morgan fingerprint density at radius 3 is 2.83 bits per heavy atom. The van der Waals surface area contributed by atoms with Gasteiger partial charge in [0, 0.05) is 36.6 Å². The van der Waals surface area contributed by atoms with Crippen molar-refractivity contribution in [1.29, 1.82) is 0 Å². The van der Waals surface area contributed by atoms with Gasteiger partial charge >= 0.3 is 0 Å². The SMILES string of the molecule is C=C1C=C[CH+]C2=C1C(=C)CC=C2. The molecule has 0 aromatic rings. The van der Waals surface area contributed by atoms with Crippen molar-refractivity contribution in [2.45, 2.75) is 6.42 Å². The summed E-state index contributed by atoms with van der Waals surface area (Å²) < 4.78 is 0. The monoisotopic (exact) mass is 155 g/mol. The Balaban J connectivity index is 2.50. The molecule has 0 N–H and O–H groups in total. The Morgan fingerprint density at radius 2 is 2.08 bits per heavy atom. The average Bonchev–Trinajstić information content (AvgIpc) is 2.04. The van der Waals surface area contributed by atoms with Gasteiger partial charge in [-0.05, 0) is 6.08 Å². The number of allylic oxidation sites excluding steroid dienone is 8. The van der Waals surface area contributed by atoms with E-state index in [0.717, 1.165) is 12.0 Å². The van der Waals surface area contributed by atoms with Crippen molar-refractivity contribution in [3.05, 3.63) is 66.2 Å². The molecule has 2 aliphatic rings. The molecule has 0 fully saturated rings. The highest BCUT2D eigenvalue weighted by Crippen LogP contribution is 2.33. The van der Waals surface area contributed by atoms with Crippen molar-refractivity contribution in [2.75, 3.05) is 0 Å². The maximum Gasteiger partial charge on any atom is 0.104 e. The van der Waals surface area contributed by atoms with E-state index in [4.69, 9.17) is 0 Å². The Bertz CT molecular complexity index is 335. The minimum absolute atomic E-state index is 0.958. The van der Waals surface area contributed by atoms with Gasteiger partial charge in [0.25, 0.3) is 0 Å². The van der Waals surface area contributed by atoms with Crippen LogP contribution < -0.4 is 0 Å². The second-order valence-corrected chi connectivity index (χ2v) is 3.09. The molecule has 0 amide bonds. The molecule has 2 rings (SSSR count). The highest BCUT2D eigenvalue weighted by Gasteiger charge is 2.22. The summed E-state index contributed by atoms with van der Waals surface area (Å²) in [5, 5.41) is 0. The number of hydrogen-bond acceptors (Lipinski definition) is 0. The lowest BCUT2D eigenvalue weighted by atomic mass is 9.84. The third kappa shape index (κ3) is 0.964. The molecule has 0 saturated carbocycles. The smallest absolute Gasteiger partial charge is 0.0849 e. The molecular formula is C12H11+. The van der Waals surface area contributed by atoms with Crippen molar-refractivity contribution in [2.24, 2.45) is 0 Å². The van der Waals surface area contributed by atoms with Gasteiger partial charge in [0.2, 0.25) is 0 Å². The van der Waals surface area contributed by atoms with E-state index in [1.165, 1.54) is 16.7 Å². The first kappa shape index (κ1) is 7.23. The van der Waals surface area contributed by atoms with Crippen LogP contribution in [0.3, 0.4) is 0 Å². The molecule has 0 aromatic heterocycles. The maximum atomic E-state index is 4.03. The van der Waals surface area contributed by atoms with Crippen LogP contribution in [0.5, 0.6) is 0 Å². The van der Waals surface area contributed by atoms with E-state index in [0.29, 0.717) is 0 Å². The normalized spacial score (nSPS) is 21.0. The fourth-order valence-electron chi connectivity index (χ4n) is 1.62. The molecule has 0 heteroatoms. The van der Waals surface area contributed by atoms with Crippen molar-refractivity contribution in [1.82, 2.24) is 0 Å². The maximum absolute atomic E-state index is 4.03. The lowest BCUT2D eigenvalue weighted by molar-refractivity contribution is 1.17. The van der Waals surface area contributed by atoms with Crippen molar-refractivity contribution < 1.29 is 0 Å². The average molecular weight is 155 g/mol. The van der Waals surface area contributed by atoms with E-state index >= 15 is 0 Å². The van der Waals surface area contributed by atoms with Gasteiger partial charge in [0.05, 0.1) is 11.1 Å². The first-order chi connectivity index (χ1) is 5.79. The third-order valence-electron chi connectivity index (χ3n) is 2.20. The highest BCUT2D eigenvalue weighted by molar-refractivity contribution is 5.63. The number of hydrogen-bond donors (Lipinski definition) is 0. The van der Waals surface area contributed by atoms with E-state index in [1.54, 1.807) is 0 Å². The molecule has 0 unspecified atom stereocenters. The van der Waals surface area contributed by atoms with Gasteiger partial charge in [0.15, 0.2) is 0 Å². The Kier molecular flexibility index (Phi) is 1.54. The van der Waals surface area contributed by atoms with Crippen LogP contribution in [0.15, 0.2) is 59.8 Å². The third-order valence-corrected chi connectivity index (χ3v) is 2.20. The van der Waals surface area contributed by atoms with Crippen molar-refractivity contribution in [3.8, 4) is 0 Å². The highest BCUT2D eigenvalue weighted by atomic mass is 14.2. The summed E-state index contributed by atoms with van der Waals surface area (Å²) in [7, 11) is 0. The molecule has 0 aromatic carbocycles. The van der Waals surface area contributed by atoms with Crippen molar-refractivity contribution in [3.63, 3.8) is 0 Å². The van der Waals surface area contributed by atoms with Crippen LogP contribution in [-0.4, -0.2) is 0 Å². The molecule has 12 heavy (non-hydrogen) atoms. The second kappa shape index (κ2) is 2.56. The lowest BCUT2D eigenvalue weighted by Crippen LogP contribution is -2.02. The predicted octanol–water partition coefficient (Wildman–Crippen LogP) is 3.13. The summed E-state index contributed by atoms with van der Waals surface area (Å²) in [4.78, 5) is 0. The lowest BCUT2D eigenvalue weighted by Gasteiger charge is -2.13. The zero-order chi connectivity index (χ0) is 8.55. The van der Waals surface area contributed by atoms with Gasteiger partial charge in [0.1, 0.15) is 5.57 Å². The minimum Gasteiger partial charge on any atom is -0.0849 e. The van der Waals surface area contributed by atoms with Crippen LogP contribution in [0.2, 0.25) is 0 Å². The van der Waals surface area contributed by atoms with Crippen LogP contribution in [0.1, 0.15) is 6.42 Å². The van der Waals surface area contributed by atoms with Gasteiger partial charge in [-0.1, -0.05) is 13.2 Å². The van der Waals surface area contributed by atoms with Crippen LogP contribution in [0, 0.1) is 6.42 Å². The molecule has 0 spiro atoms. The summed E-state index contributed by atoms with van der Waals surface area (Å²) in [5.74, 6) is 0. The molecular weight excluding hydrogens is 144 g/mol. The van der Waals surface area contributed by atoms with Crippen LogP contribution >= 0.6 is 0 Å². The molecule has 2 aliphatic carbocycles. The fraction of sp³-hybridized carbons (Fsp3) is 0.0833. The second-order valence-electron chi connectivity index (χ2n) is 3.09. The van der Waals surface area contributed by atoms with Gasteiger partial charge in [-0.2, -0.15) is 0 Å². The zero-order valence-corrected chi connectivity index (χ0v) is 7.01. The summed E-state index contributed by atoms with van der Waals surface area (Å²) in [6.07, 6.45) is 11.4. The summed E-state index contributed by atoms with van der Waals surface area (Å²) in [6.45, 7) is 8.01. The molecule has 0 bridgehead atoms. The van der Waals surface area contributed by atoms with E-state index in [9.17, 15) is 0 Å². The topological polar surface area (TPSA) is 0 Å². The van der Waals surface area contributed by atoms with E-state index < -0.39 is 0 Å². The molecule has 0 radical (unpaired) electrons. The quantitative estimate of drug-likeness (QED) is 0.471. The number of rotatable bonds is 0. The molecule has 0 nitrogen and oxygen atoms in total.